The zero-order valence-corrected chi connectivity index (χ0v) is 12.4. The first kappa shape index (κ1) is 13.9. The molecule has 0 atom stereocenters. The van der Waals surface area contributed by atoms with Gasteiger partial charge in [0, 0.05) is 17.0 Å². The number of benzene rings is 2. The van der Waals surface area contributed by atoms with Crippen molar-refractivity contribution in [1.82, 2.24) is 4.98 Å². The second-order valence-electron chi connectivity index (χ2n) is 4.98. The highest BCUT2D eigenvalue weighted by Crippen LogP contribution is 2.22. The van der Waals surface area contributed by atoms with Gasteiger partial charge >= 0.3 is 0 Å². The second-order valence-corrected chi connectivity index (χ2v) is 5.41. The van der Waals surface area contributed by atoms with E-state index in [0.717, 1.165) is 30.6 Å². The maximum absolute atomic E-state index is 5.88. The van der Waals surface area contributed by atoms with Crippen molar-refractivity contribution in [1.29, 1.82) is 0 Å². The Balaban J connectivity index is 1.59. The van der Waals surface area contributed by atoms with Gasteiger partial charge in [-0.3, -0.25) is 0 Å². The van der Waals surface area contributed by atoms with Crippen molar-refractivity contribution in [3.05, 3.63) is 77.1 Å². The van der Waals surface area contributed by atoms with Crippen molar-refractivity contribution in [3.63, 3.8) is 0 Å². The number of rotatable bonds is 5. The van der Waals surface area contributed by atoms with E-state index in [1.807, 2.05) is 36.5 Å². The molecule has 1 heterocycles. The van der Waals surface area contributed by atoms with Crippen LogP contribution in [0.5, 0.6) is 0 Å². The van der Waals surface area contributed by atoms with Crippen molar-refractivity contribution < 1.29 is 4.42 Å². The third-order valence-corrected chi connectivity index (χ3v) is 3.63. The summed E-state index contributed by atoms with van der Waals surface area (Å²) in [6.07, 6.45) is 4.82. The van der Waals surface area contributed by atoms with E-state index in [-0.39, 0.29) is 0 Å². The Morgan fingerprint density at radius 3 is 2.43 bits per heavy atom. The van der Waals surface area contributed by atoms with E-state index in [0.29, 0.717) is 10.9 Å². The minimum absolute atomic E-state index is 0.654. The SMILES string of the molecule is Clc1ccc(-c2ncc(CCCc3ccccc3)o2)cc1. The molecule has 0 saturated heterocycles. The maximum Gasteiger partial charge on any atom is 0.226 e. The number of halogens is 1. The van der Waals surface area contributed by atoms with Gasteiger partial charge in [0.15, 0.2) is 0 Å². The van der Waals surface area contributed by atoms with Crippen LogP contribution in [0.15, 0.2) is 65.2 Å². The first-order valence-corrected chi connectivity index (χ1v) is 7.43. The molecule has 0 spiro atoms. The molecule has 2 nitrogen and oxygen atoms in total. The number of hydrogen-bond donors (Lipinski definition) is 0. The Bertz CT molecular complexity index is 689. The molecule has 3 rings (SSSR count). The summed E-state index contributed by atoms with van der Waals surface area (Å²) in [5.74, 6) is 1.58. The van der Waals surface area contributed by atoms with E-state index in [1.165, 1.54) is 5.56 Å². The van der Waals surface area contributed by atoms with Gasteiger partial charge in [-0.2, -0.15) is 0 Å². The molecule has 0 radical (unpaired) electrons. The molecule has 106 valence electrons. The smallest absolute Gasteiger partial charge is 0.226 e. The van der Waals surface area contributed by atoms with Gasteiger partial charge in [0.1, 0.15) is 5.76 Å². The van der Waals surface area contributed by atoms with Crippen LogP contribution in [0.25, 0.3) is 11.5 Å². The quantitative estimate of drug-likeness (QED) is 0.649. The molecule has 0 aliphatic carbocycles. The van der Waals surface area contributed by atoms with Crippen LogP contribution >= 0.6 is 11.6 Å². The van der Waals surface area contributed by atoms with Gasteiger partial charge in [0.05, 0.1) is 6.20 Å². The summed E-state index contributed by atoms with van der Waals surface area (Å²) in [6, 6.07) is 18.0. The average molecular weight is 298 g/mol. The van der Waals surface area contributed by atoms with Gasteiger partial charge in [-0.25, -0.2) is 4.98 Å². The molecule has 0 fully saturated rings. The number of aromatic nitrogens is 1. The molecule has 0 N–H and O–H groups in total. The maximum atomic E-state index is 5.88. The van der Waals surface area contributed by atoms with Gasteiger partial charge in [-0.1, -0.05) is 41.9 Å². The fourth-order valence-corrected chi connectivity index (χ4v) is 2.39. The molecule has 0 aliphatic rings. The lowest BCUT2D eigenvalue weighted by Crippen LogP contribution is -1.88. The van der Waals surface area contributed by atoms with Crippen molar-refractivity contribution in [2.45, 2.75) is 19.3 Å². The molecule has 21 heavy (non-hydrogen) atoms. The van der Waals surface area contributed by atoms with Crippen LogP contribution in [0, 0.1) is 0 Å². The Hall–Kier alpha value is -2.06. The Kier molecular flexibility index (Phi) is 4.37. The molecule has 0 amide bonds. The van der Waals surface area contributed by atoms with Gasteiger partial charge in [0.2, 0.25) is 5.89 Å². The third-order valence-electron chi connectivity index (χ3n) is 3.38. The molecule has 0 aliphatic heterocycles. The molecule has 0 unspecified atom stereocenters. The molecule has 3 heteroatoms. The van der Waals surface area contributed by atoms with Gasteiger partial charge in [-0.05, 0) is 42.7 Å². The largest absolute Gasteiger partial charge is 0.441 e. The Labute approximate surface area is 129 Å². The van der Waals surface area contributed by atoms with Crippen LogP contribution < -0.4 is 0 Å². The van der Waals surface area contributed by atoms with Crippen molar-refractivity contribution in [2.75, 3.05) is 0 Å². The topological polar surface area (TPSA) is 26.0 Å². The predicted octanol–water partition coefficient (Wildman–Crippen LogP) is 5.17. The number of aryl methyl sites for hydroxylation is 2. The van der Waals surface area contributed by atoms with E-state index in [9.17, 15) is 0 Å². The number of oxazole rings is 1. The zero-order valence-electron chi connectivity index (χ0n) is 11.6. The molecule has 1 aromatic heterocycles. The fraction of sp³-hybridized carbons (Fsp3) is 0.167. The first-order chi connectivity index (χ1) is 10.3. The molecule has 2 aromatic carbocycles. The summed E-state index contributed by atoms with van der Waals surface area (Å²) >= 11 is 5.88. The van der Waals surface area contributed by atoms with Gasteiger partial charge in [-0.15, -0.1) is 0 Å². The predicted molar refractivity (Wildman–Crippen MR) is 85.4 cm³/mol. The van der Waals surface area contributed by atoms with Crippen molar-refractivity contribution in [3.8, 4) is 11.5 Å². The van der Waals surface area contributed by atoms with E-state index in [4.69, 9.17) is 16.0 Å². The summed E-state index contributed by atoms with van der Waals surface area (Å²) < 4.78 is 5.79. The highest BCUT2D eigenvalue weighted by Gasteiger charge is 2.06. The lowest BCUT2D eigenvalue weighted by Gasteiger charge is -1.99. The average Bonchev–Trinajstić information content (AvgIpc) is 2.98. The lowest BCUT2D eigenvalue weighted by molar-refractivity contribution is 0.510. The summed E-state index contributed by atoms with van der Waals surface area (Å²) in [7, 11) is 0. The minimum Gasteiger partial charge on any atom is -0.441 e. The van der Waals surface area contributed by atoms with Gasteiger partial charge in [0.25, 0.3) is 0 Å². The highest BCUT2D eigenvalue weighted by atomic mass is 35.5. The van der Waals surface area contributed by atoms with Crippen molar-refractivity contribution in [2.24, 2.45) is 0 Å². The first-order valence-electron chi connectivity index (χ1n) is 7.06. The van der Waals surface area contributed by atoms with E-state index in [2.05, 4.69) is 29.2 Å². The standard InChI is InChI=1S/C18H16ClNO/c19-16-11-9-15(10-12-16)18-20-13-17(21-18)8-4-7-14-5-2-1-3-6-14/h1-3,5-6,9-13H,4,7-8H2. The normalized spacial score (nSPS) is 10.7. The van der Waals surface area contributed by atoms with E-state index in [1.54, 1.807) is 0 Å². The van der Waals surface area contributed by atoms with Gasteiger partial charge < -0.3 is 4.42 Å². The van der Waals surface area contributed by atoms with Crippen LogP contribution in [0.2, 0.25) is 5.02 Å². The van der Waals surface area contributed by atoms with Crippen LogP contribution in [-0.4, -0.2) is 4.98 Å². The third kappa shape index (κ3) is 3.73. The summed E-state index contributed by atoms with van der Waals surface area (Å²) in [6.45, 7) is 0. The second kappa shape index (κ2) is 6.59. The Morgan fingerprint density at radius 2 is 1.67 bits per heavy atom. The molecule has 0 saturated carbocycles. The fourth-order valence-electron chi connectivity index (χ4n) is 2.26. The minimum atomic E-state index is 0.654. The summed E-state index contributed by atoms with van der Waals surface area (Å²) in [5.41, 5.74) is 2.31. The number of nitrogens with zero attached hydrogens (tertiary/aromatic N) is 1. The lowest BCUT2D eigenvalue weighted by atomic mass is 10.1. The molecule has 0 bridgehead atoms. The van der Waals surface area contributed by atoms with E-state index >= 15 is 0 Å². The molecular formula is C18H16ClNO. The summed E-state index contributed by atoms with van der Waals surface area (Å²) in [4.78, 5) is 4.33. The van der Waals surface area contributed by atoms with Crippen LogP contribution in [-0.2, 0) is 12.8 Å². The molecule has 3 aromatic rings. The number of hydrogen-bond acceptors (Lipinski definition) is 2. The van der Waals surface area contributed by atoms with E-state index < -0.39 is 0 Å². The molecular weight excluding hydrogens is 282 g/mol. The van der Waals surface area contributed by atoms with Crippen LogP contribution in [0.3, 0.4) is 0 Å². The monoisotopic (exact) mass is 297 g/mol. The highest BCUT2D eigenvalue weighted by molar-refractivity contribution is 6.30. The summed E-state index contributed by atoms with van der Waals surface area (Å²) in [5, 5.41) is 0.716. The van der Waals surface area contributed by atoms with Crippen LogP contribution in [0.1, 0.15) is 17.7 Å². The Morgan fingerprint density at radius 1 is 0.905 bits per heavy atom. The zero-order chi connectivity index (χ0) is 14.5. The van der Waals surface area contributed by atoms with Crippen molar-refractivity contribution >= 4 is 11.6 Å². The van der Waals surface area contributed by atoms with Crippen LogP contribution in [0.4, 0.5) is 0 Å².